The van der Waals surface area contributed by atoms with Gasteiger partial charge in [-0.1, -0.05) is 35.5 Å². The fourth-order valence-electron chi connectivity index (χ4n) is 3.14. The first-order chi connectivity index (χ1) is 13.8. The number of oxime groups is 1. The van der Waals surface area contributed by atoms with E-state index in [0.717, 1.165) is 44.0 Å². The molecule has 0 aliphatic carbocycles. The molecule has 1 saturated heterocycles. The molecule has 6 heteroatoms. The summed E-state index contributed by atoms with van der Waals surface area (Å²) in [6, 6.07) is 16.5. The van der Waals surface area contributed by atoms with Crippen LogP contribution in [-0.4, -0.2) is 50.6 Å². The predicted octanol–water partition coefficient (Wildman–Crippen LogP) is 3.14. The maximum absolute atomic E-state index is 12.5. The first kappa shape index (κ1) is 18.4. The Hall–Kier alpha value is -2.96. The Labute approximate surface area is 163 Å². The summed E-state index contributed by atoms with van der Waals surface area (Å²) in [4.78, 5) is 20.2. The van der Waals surface area contributed by atoms with Crippen molar-refractivity contribution < 1.29 is 14.0 Å². The van der Waals surface area contributed by atoms with Crippen LogP contribution in [-0.2, 0) is 9.57 Å². The zero-order valence-corrected chi connectivity index (χ0v) is 15.5. The van der Waals surface area contributed by atoms with Crippen molar-refractivity contribution in [1.82, 2.24) is 4.90 Å². The first-order valence-corrected chi connectivity index (χ1v) is 9.38. The van der Waals surface area contributed by atoms with Gasteiger partial charge in [-0.15, -0.1) is 0 Å². The minimum atomic E-state index is -0.0800. The van der Waals surface area contributed by atoms with Crippen molar-refractivity contribution in [1.29, 1.82) is 0 Å². The second-order valence-corrected chi connectivity index (χ2v) is 6.62. The van der Waals surface area contributed by atoms with Gasteiger partial charge in [0.2, 0.25) is 0 Å². The summed E-state index contributed by atoms with van der Waals surface area (Å²) in [5, 5.41) is 4.54. The van der Waals surface area contributed by atoms with Crippen molar-refractivity contribution in [3.63, 3.8) is 0 Å². The standard InChI is InChI=1S/C22H22N2O4/c25-20-15-22(18-4-2-1-3-5-18)28-21-7-6-17(14-19(20)21)16-23-27-13-10-24-8-11-26-12-9-24/h1-7,14-16H,8-13H2/b23-16+. The second kappa shape index (κ2) is 8.82. The number of benzene rings is 2. The Morgan fingerprint density at radius 2 is 1.89 bits per heavy atom. The average Bonchev–Trinajstić information content (AvgIpc) is 2.75. The average molecular weight is 378 g/mol. The summed E-state index contributed by atoms with van der Waals surface area (Å²) in [7, 11) is 0. The van der Waals surface area contributed by atoms with Crippen LogP contribution in [0.25, 0.3) is 22.3 Å². The fraction of sp³-hybridized carbons (Fsp3) is 0.273. The molecule has 1 fully saturated rings. The molecule has 2 heterocycles. The quantitative estimate of drug-likeness (QED) is 0.375. The molecule has 144 valence electrons. The largest absolute Gasteiger partial charge is 0.456 e. The van der Waals surface area contributed by atoms with Gasteiger partial charge in [0.15, 0.2) is 5.43 Å². The Balaban J connectivity index is 1.42. The van der Waals surface area contributed by atoms with Crippen LogP contribution in [0.5, 0.6) is 0 Å². The molecule has 0 unspecified atom stereocenters. The highest BCUT2D eigenvalue weighted by molar-refractivity contribution is 5.88. The summed E-state index contributed by atoms with van der Waals surface area (Å²) < 4.78 is 11.2. The lowest BCUT2D eigenvalue weighted by Crippen LogP contribution is -2.38. The molecule has 0 saturated carbocycles. The number of hydrogen-bond donors (Lipinski definition) is 0. The lowest BCUT2D eigenvalue weighted by Gasteiger charge is -2.25. The van der Waals surface area contributed by atoms with Crippen LogP contribution in [0, 0.1) is 0 Å². The minimum absolute atomic E-state index is 0.0800. The normalized spacial score (nSPS) is 15.3. The van der Waals surface area contributed by atoms with E-state index in [1.807, 2.05) is 36.4 Å². The van der Waals surface area contributed by atoms with Gasteiger partial charge >= 0.3 is 0 Å². The number of ether oxygens (including phenoxy) is 1. The Morgan fingerprint density at radius 3 is 2.71 bits per heavy atom. The molecule has 0 spiro atoms. The molecule has 28 heavy (non-hydrogen) atoms. The summed E-state index contributed by atoms with van der Waals surface area (Å²) in [5.41, 5.74) is 2.14. The van der Waals surface area contributed by atoms with Crippen LogP contribution in [0.4, 0.5) is 0 Å². The van der Waals surface area contributed by atoms with Crippen molar-refractivity contribution in [2.75, 3.05) is 39.5 Å². The summed E-state index contributed by atoms with van der Waals surface area (Å²) in [6.07, 6.45) is 1.61. The van der Waals surface area contributed by atoms with Crippen LogP contribution in [0.15, 0.2) is 69.0 Å². The van der Waals surface area contributed by atoms with Crippen molar-refractivity contribution in [2.24, 2.45) is 5.16 Å². The van der Waals surface area contributed by atoms with E-state index in [9.17, 15) is 4.79 Å². The predicted molar refractivity (Wildman–Crippen MR) is 109 cm³/mol. The monoisotopic (exact) mass is 378 g/mol. The molecule has 0 amide bonds. The second-order valence-electron chi connectivity index (χ2n) is 6.62. The topological polar surface area (TPSA) is 64.3 Å². The van der Waals surface area contributed by atoms with Gasteiger partial charge in [0.25, 0.3) is 0 Å². The van der Waals surface area contributed by atoms with Crippen LogP contribution >= 0.6 is 0 Å². The molecule has 0 bridgehead atoms. The maximum Gasteiger partial charge on any atom is 0.193 e. The van der Waals surface area contributed by atoms with Gasteiger partial charge in [-0.2, -0.15) is 0 Å². The SMILES string of the molecule is O=c1cc(-c2ccccc2)oc2ccc(/C=N/OCCN3CCOCC3)cc12. The van der Waals surface area contributed by atoms with Crippen molar-refractivity contribution in [3.05, 3.63) is 70.4 Å². The molecule has 1 aromatic heterocycles. The zero-order valence-electron chi connectivity index (χ0n) is 15.5. The number of nitrogens with zero attached hydrogens (tertiary/aromatic N) is 2. The minimum Gasteiger partial charge on any atom is -0.456 e. The van der Waals surface area contributed by atoms with E-state index in [1.165, 1.54) is 6.07 Å². The van der Waals surface area contributed by atoms with Crippen molar-refractivity contribution in [2.45, 2.75) is 0 Å². The van der Waals surface area contributed by atoms with E-state index < -0.39 is 0 Å². The molecule has 0 radical (unpaired) electrons. The van der Waals surface area contributed by atoms with Gasteiger partial charge in [-0.25, -0.2) is 0 Å². The van der Waals surface area contributed by atoms with Gasteiger partial charge in [0.1, 0.15) is 18.0 Å². The van der Waals surface area contributed by atoms with Gasteiger partial charge in [0, 0.05) is 31.3 Å². The molecule has 2 aromatic carbocycles. The summed E-state index contributed by atoms with van der Waals surface area (Å²) in [5.74, 6) is 0.561. The highest BCUT2D eigenvalue weighted by Gasteiger charge is 2.09. The van der Waals surface area contributed by atoms with E-state index >= 15 is 0 Å². The first-order valence-electron chi connectivity index (χ1n) is 9.38. The lowest BCUT2D eigenvalue weighted by molar-refractivity contribution is 0.0214. The van der Waals surface area contributed by atoms with Gasteiger partial charge < -0.3 is 14.0 Å². The molecule has 1 aliphatic heterocycles. The maximum atomic E-state index is 12.5. The third-order valence-electron chi connectivity index (χ3n) is 4.69. The van der Waals surface area contributed by atoms with E-state index in [0.29, 0.717) is 23.3 Å². The summed E-state index contributed by atoms with van der Waals surface area (Å²) in [6.45, 7) is 4.75. The fourth-order valence-corrected chi connectivity index (χ4v) is 3.14. The van der Waals surface area contributed by atoms with Crippen LogP contribution < -0.4 is 5.43 Å². The highest BCUT2D eigenvalue weighted by Crippen LogP contribution is 2.22. The third-order valence-corrected chi connectivity index (χ3v) is 4.69. The van der Waals surface area contributed by atoms with Gasteiger partial charge in [-0.05, 0) is 23.8 Å². The van der Waals surface area contributed by atoms with Gasteiger partial charge in [0.05, 0.1) is 24.8 Å². The molecule has 0 atom stereocenters. The third kappa shape index (κ3) is 4.47. The van der Waals surface area contributed by atoms with E-state index in [4.69, 9.17) is 14.0 Å². The van der Waals surface area contributed by atoms with Crippen LogP contribution in [0.3, 0.4) is 0 Å². The van der Waals surface area contributed by atoms with Crippen molar-refractivity contribution in [3.8, 4) is 11.3 Å². The van der Waals surface area contributed by atoms with E-state index in [-0.39, 0.29) is 5.43 Å². The Morgan fingerprint density at radius 1 is 1.07 bits per heavy atom. The lowest BCUT2D eigenvalue weighted by atomic mass is 10.1. The Bertz CT molecular complexity index is 1010. The van der Waals surface area contributed by atoms with Gasteiger partial charge in [-0.3, -0.25) is 9.69 Å². The number of rotatable bonds is 6. The van der Waals surface area contributed by atoms with E-state index in [2.05, 4.69) is 10.1 Å². The number of morpholine rings is 1. The number of hydrogen-bond acceptors (Lipinski definition) is 6. The van der Waals surface area contributed by atoms with Crippen LogP contribution in [0.1, 0.15) is 5.56 Å². The molecule has 4 rings (SSSR count). The molecule has 3 aromatic rings. The zero-order chi connectivity index (χ0) is 19.2. The van der Waals surface area contributed by atoms with Crippen LogP contribution in [0.2, 0.25) is 0 Å². The Kier molecular flexibility index (Phi) is 5.80. The molecule has 0 N–H and O–H groups in total. The molecule has 6 nitrogen and oxygen atoms in total. The molecule has 1 aliphatic rings. The summed E-state index contributed by atoms with van der Waals surface area (Å²) >= 11 is 0. The molecular formula is C22H22N2O4. The van der Waals surface area contributed by atoms with E-state index in [1.54, 1.807) is 18.3 Å². The molecular weight excluding hydrogens is 356 g/mol. The number of fused-ring (bicyclic) bond motifs is 1. The highest BCUT2D eigenvalue weighted by atomic mass is 16.6. The van der Waals surface area contributed by atoms with Crippen molar-refractivity contribution >= 4 is 17.2 Å². The smallest absolute Gasteiger partial charge is 0.193 e.